The third-order valence-corrected chi connectivity index (χ3v) is 6.90. The fourth-order valence-corrected chi connectivity index (χ4v) is 4.97. The van der Waals surface area contributed by atoms with Crippen molar-refractivity contribution in [2.45, 2.75) is 32.1 Å². The number of piperazine rings is 1. The molecule has 2 fully saturated rings. The van der Waals surface area contributed by atoms with Crippen LogP contribution >= 0.6 is 0 Å². The van der Waals surface area contributed by atoms with Crippen molar-refractivity contribution in [1.29, 1.82) is 0 Å². The Morgan fingerprint density at radius 1 is 1.15 bits per heavy atom. The molecule has 4 rings (SSSR count). The van der Waals surface area contributed by atoms with Crippen molar-refractivity contribution < 1.29 is 14.3 Å². The van der Waals surface area contributed by atoms with Gasteiger partial charge in [0.25, 0.3) is 0 Å². The van der Waals surface area contributed by atoms with E-state index in [1.54, 1.807) is 13.3 Å². The SMILES string of the molecule is COc1cc(NC=O)ccc1N1CCN(CCN(C(=O)C2CCCCC2)c2ccccn2)CC1. The van der Waals surface area contributed by atoms with Crippen LogP contribution in [0.2, 0.25) is 0 Å². The summed E-state index contributed by atoms with van der Waals surface area (Å²) in [5.74, 6) is 1.85. The summed E-state index contributed by atoms with van der Waals surface area (Å²) in [7, 11) is 1.65. The number of pyridine rings is 1. The molecule has 1 N–H and O–H groups in total. The van der Waals surface area contributed by atoms with E-state index in [9.17, 15) is 9.59 Å². The first-order valence-corrected chi connectivity index (χ1v) is 12.3. The normalized spacial score (nSPS) is 17.3. The highest BCUT2D eigenvalue weighted by molar-refractivity contribution is 5.94. The lowest BCUT2D eigenvalue weighted by molar-refractivity contribution is -0.123. The van der Waals surface area contributed by atoms with Gasteiger partial charge in [-0.3, -0.25) is 19.4 Å². The maximum absolute atomic E-state index is 13.4. The van der Waals surface area contributed by atoms with Crippen LogP contribution in [0, 0.1) is 5.92 Å². The lowest BCUT2D eigenvalue weighted by atomic mass is 9.88. The summed E-state index contributed by atoms with van der Waals surface area (Å²) in [6, 6.07) is 11.5. The smallest absolute Gasteiger partial charge is 0.231 e. The van der Waals surface area contributed by atoms with Gasteiger partial charge in [-0.25, -0.2) is 4.98 Å². The van der Waals surface area contributed by atoms with Gasteiger partial charge < -0.3 is 15.0 Å². The molecule has 34 heavy (non-hydrogen) atoms. The number of aromatic nitrogens is 1. The second-order valence-corrected chi connectivity index (χ2v) is 8.99. The number of carbonyl (C=O) groups excluding carboxylic acids is 2. The molecule has 0 unspecified atom stereocenters. The van der Waals surface area contributed by atoms with Crippen LogP contribution in [-0.2, 0) is 9.59 Å². The van der Waals surface area contributed by atoms with E-state index in [4.69, 9.17) is 4.74 Å². The first-order chi connectivity index (χ1) is 16.7. The molecule has 1 saturated heterocycles. The van der Waals surface area contributed by atoms with E-state index in [0.29, 0.717) is 18.6 Å². The molecule has 1 aromatic heterocycles. The average Bonchev–Trinajstić information content (AvgIpc) is 2.90. The Morgan fingerprint density at radius 2 is 1.94 bits per heavy atom. The van der Waals surface area contributed by atoms with E-state index in [0.717, 1.165) is 75.7 Å². The van der Waals surface area contributed by atoms with Gasteiger partial charge in [0.1, 0.15) is 11.6 Å². The number of benzene rings is 1. The highest BCUT2D eigenvalue weighted by atomic mass is 16.5. The van der Waals surface area contributed by atoms with E-state index < -0.39 is 0 Å². The molecule has 1 aromatic carbocycles. The average molecular weight is 466 g/mol. The summed E-state index contributed by atoms with van der Waals surface area (Å²) in [5, 5.41) is 2.67. The minimum Gasteiger partial charge on any atom is -0.495 e. The van der Waals surface area contributed by atoms with Crippen molar-refractivity contribution in [2.24, 2.45) is 5.92 Å². The number of carbonyl (C=O) groups is 2. The van der Waals surface area contributed by atoms with Gasteiger partial charge in [-0.05, 0) is 37.1 Å². The molecular weight excluding hydrogens is 430 g/mol. The van der Waals surface area contributed by atoms with E-state index in [2.05, 4.69) is 20.1 Å². The van der Waals surface area contributed by atoms with Crippen LogP contribution in [0.5, 0.6) is 5.75 Å². The number of ether oxygens (including phenoxy) is 1. The van der Waals surface area contributed by atoms with Crippen molar-refractivity contribution in [3.05, 3.63) is 42.6 Å². The zero-order chi connectivity index (χ0) is 23.8. The topological polar surface area (TPSA) is 78.0 Å². The van der Waals surface area contributed by atoms with Crippen molar-refractivity contribution >= 4 is 29.5 Å². The van der Waals surface area contributed by atoms with Crippen LogP contribution in [0.1, 0.15) is 32.1 Å². The summed E-state index contributed by atoms with van der Waals surface area (Å²) in [6.07, 6.45) is 7.93. The highest BCUT2D eigenvalue weighted by Crippen LogP contribution is 2.32. The molecule has 2 aliphatic rings. The molecule has 0 spiro atoms. The Hall–Kier alpha value is -3.13. The molecule has 2 aromatic rings. The van der Waals surface area contributed by atoms with Crippen LogP contribution < -0.4 is 19.9 Å². The first kappa shape index (κ1) is 24.0. The third-order valence-electron chi connectivity index (χ3n) is 6.90. The molecule has 2 heterocycles. The van der Waals surface area contributed by atoms with Crippen molar-refractivity contribution in [2.75, 3.05) is 61.5 Å². The molecule has 1 aliphatic carbocycles. The lowest BCUT2D eigenvalue weighted by Gasteiger charge is -2.38. The summed E-state index contributed by atoms with van der Waals surface area (Å²) in [4.78, 5) is 35.2. The van der Waals surface area contributed by atoms with Gasteiger partial charge in [-0.2, -0.15) is 0 Å². The van der Waals surface area contributed by atoms with Gasteiger partial charge in [0.15, 0.2) is 0 Å². The van der Waals surface area contributed by atoms with Gasteiger partial charge in [0.2, 0.25) is 12.3 Å². The van der Waals surface area contributed by atoms with Crippen LogP contribution in [0.3, 0.4) is 0 Å². The number of methoxy groups -OCH3 is 1. The number of rotatable bonds is 9. The Labute approximate surface area is 201 Å². The molecule has 8 nitrogen and oxygen atoms in total. The number of hydrogen-bond donors (Lipinski definition) is 1. The Kier molecular flexibility index (Phi) is 8.36. The summed E-state index contributed by atoms with van der Waals surface area (Å²) in [5.41, 5.74) is 1.74. The number of nitrogens with one attached hydrogen (secondary N) is 1. The largest absolute Gasteiger partial charge is 0.495 e. The van der Waals surface area contributed by atoms with Crippen molar-refractivity contribution in [3.8, 4) is 5.75 Å². The monoisotopic (exact) mass is 465 g/mol. The molecule has 1 saturated carbocycles. The number of amides is 2. The van der Waals surface area contributed by atoms with E-state index in [-0.39, 0.29) is 11.8 Å². The summed E-state index contributed by atoms with van der Waals surface area (Å²) >= 11 is 0. The predicted octanol–water partition coefficient (Wildman–Crippen LogP) is 3.39. The second kappa shape index (κ2) is 11.8. The Bertz CT molecular complexity index is 941. The van der Waals surface area contributed by atoms with Gasteiger partial charge in [0, 0.05) is 63.1 Å². The minimum absolute atomic E-state index is 0.122. The van der Waals surface area contributed by atoms with Crippen molar-refractivity contribution in [1.82, 2.24) is 9.88 Å². The third kappa shape index (κ3) is 5.86. The van der Waals surface area contributed by atoms with E-state index >= 15 is 0 Å². The van der Waals surface area contributed by atoms with Crippen LogP contribution in [0.4, 0.5) is 17.2 Å². The molecule has 2 amide bonds. The fraction of sp³-hybridized carbons (Fsp3) is 0.500. The molecule has 0 atom stereocenters. The predicted molar refractivity (Wildman–Crippen MR) is 134 cm³/mol. The maximum atomic E-state index is 13.4. The molecule has 1 aliphatic heterocycles. The summed E-state index contributed by atoms with van der Waals surface area (Å²) in [6.45, 7) is 5.04. The Morgan fingerprint density at radius 3 is 2.62 bits per heavy atom. The van der Waals surface area contributed by atoms with Crippen LogP contribution in [0.15, 0.2) is 42.6 Å². The maximum Gasteiger partial charge on any atom is 0.231 e. The van der Waals surface area contributed by atoms with Crippen LogP contribution in [-0.4, -0.2) is 68.6 Å². The van der Waals surface area contributed by atoms with Gasteiger partial charge in [0.05, 0.1) is 12.8 Å². The number of nitrogens with zero attached hydrogens (tertiary/aromatic N) is 4. The highest BCUT2D eigenvalue weighted by Gasteiger charge is 2.28. The first-order valence-electron chi connectivity index (χ1n) is 12.3. The molecule has 0 bridgehead atoms. The minimum atomic E-state index is 0.122. The molecule has 182 valence electrons. The summed E-state index contributed by atoms with van der Waals surface area (Å²) < 4.78 is 5.56. The van der Waals surface area contributed by atoms with Crippen LogP contribution in [0.25, 0.3) is 0 Å². The lowest BCUT2D eigenvalue weighted by Crippen LogP contribution is -2.50. The zero-order valence-electron chi connectivity index (χ0n) is 20.0. The number of hydrogen-bond acceptors (Lipinski definition) is 6. The number of anilines is 3. The standard InChI is InChI=1S/C26H35N5O3/c1-34-24-19-22(28-20-32)10-11-23(24)30-16-13-29(14-17-30)15-18-31(25-9-5-6-12-27-25)26(33)21-7-3-2-4-8-21/h5-6,9-12,19-21H,2-4,7-8,13-18H2,1H3,(H,28,32). The molecule has 8 heteroatoms. The quantitative estimate of drug-likeness (QED) is 0.572. The van der Waals surface area contributed by atoms with Gasteiger partial charge in [-0.1, -0.05) is 25.3 Å². The van der Waals surface area contributed by atoms with E-state index in [1.165, 1.54) is 6.42 Å². The van der Waals surface area contributed by atoms with Crippen molar-refractivity contribution in [3.63, 3.8) is 0 Å². The van der Waals surface area contributed by atoms with Gasteiger partial charge >= 0.3 is 0 Å². The molecular formula is C26H35N5O3. The Balaban J connectivity index is 1.36. The molecule has 0 radical (unpaired) electrons. The van der Waals surface area contributed by atoms with E-state index in [1.807, 2.05) is 41.3 Å². The fourth-order valence-electron chi connectivity index (χ4n) is 4.97. The second-order valence-electron chi connectivity index (χ2n) is 8.99. The van der Waals surface area contributed by atoms with Gasteiger partial charge in [-0.15, -0.1) is 0 Å². The zero-order valence-corrected chi connectivity index (χ0v) is 20.0.